The molecule has 4 rings (SSSR count). The van der Waals surface area contributed by atoms with E-state index in [-0.39, 0.29) is 18.4 Å². The molecule has 1 aliphatic heterocycles. The minimum atomic E-state index is -0.992. The van der Waals surface area contributed by atoms with E-state index < -0.39 is 23.9 Å². The first-order valence-corrected chi connectivity index (χ1v) is 11.9. The highest BCUT2D eigenvalue weighted by Gasteiger charge is 2.55. The van der Waals surface area contributed by atoms with E-state index in [1.54, 1.807) is 67.7 Å². The van der Waals surface area contributed by atoms with Crippen LogP contribution in [-0.2, 0) is 23.1 Å². The summed E-state index contributed by atoms with van der Waals surface area (Å²) in [6, 6.07) is 8.57. The van der Waals surface area contributed by atoms with Gasteiger partial charge < -0.3 is 16.0 Å². The highest BCUT2D eigenvalue weighted by atomic mass is 35.5. The molecular formula is C25H28ClN7O3. The number of nitrogens with one attached hydrogen (secondary N) is 1. The Balaban J connectivity index is 1.60. The Bertz CT molecular complexity index is 1290. The van der Waals surface area contributed by atoms with Crippen molar-refractivity contribution in [2.24, 2.45) is 13.0 Å². The van der Waals surface area contributed by atoms with Gasteiger partial charge in [-0.15, -0.1) is 0 Å². The fraction of sp³-hybridized carbons (Fsp3) is 0.320. The number of benzene rings is 1. The van der Waals surface area contributed by atoms with Gasteiger partial charge in [0.2, 0.25) is 5.91 Å². The maximum Gasteiger partial charge on any atom is 0.325 e. The summed E-state index contributed by atoms with van der Waals surface area (Å²) in [6.45, 7) is 1.92. The van der Waals surface area contributed by atoms with Gasteiger partial charge in [0.05, 0.1) is 23.8 Å². The molecular weight excluding hydrogens is 482 g/mol. The third kappa shape index (κ3) is 5.03. The molecule has 3 N–H and O–H groups in total. The van der Waals surface area contributed by atoms with Crippen molar-refractivity contribution < 1.29 is 14.4 Å². The predicted molar refractivity (Wildman–Crippen MR) is 136 cm³/mol. The Morgan fingerprint density at radius 2 is 2.06 bits per heavy atom. The van der Waals surface area contributed by atoms with Gasteiger partial charge in [-0.3, -0.25) is 19.2 Å². The number of aryl methyl sites for hydroxylation is 1. The molecule has 188 valence electrons. The second kappa shape index (κ2) is 10.4. The number of halogens is 1. The smallest absolute Gasteiger partial charge is 0.325 e. The molecule has 1 aliphatic rings. The number of rotatable bonds is 7. The number of anilines is 2. The van der Waals surface area contributed by atoms with Crippen LogP contribution in [0.2, 0.25) is 5.02 Å². The van der Waals surface area contributed by atoms with E-state index in [0.29, 0.717) is 22.9 Å². The second-order valence-electron chi connectivity index (χ2n) is 8.79. The van der Waals surface area contributed by atoms with E-state index >= 15 is 0 Å². The van der Waals surface area contributed by atoms with Crippen LogP contribution in [0.1, 0.15) is 30.5 Å². The number of hydrogen-bond acceptors (Lipinski definition) is 6. The Hall–Kier alpha value is -3.92. The molecule has 0 radical (unpaired) electrons. The quantitative estimate of drug-likeness (QED) is 0.471. The molecule has 1 fully saturated rings. The van der Waals surface area contributed by atoms with Crippen molar-refractivity contribution in [1.82, 2.24) is 25.0 Å². The molecule has 0 saturated carbocycles. The summed E-state index contributed by atoms with van der Waals surface area (Å²) in [7, 11) is 3.34. The Morgan fingerprint density at radius 3 is 2.69 bits per heavy atom. The SMILES string of the molecule is CC[C@@H](NC(=O)N1C(=O)[C@H](Cc2ccnc(N)c2)[C@H]1C(=O)N(C)c1cnn(C)c1)c1cccc(Cl)c1. The average molecular weight is 510 g/mol. The van der Waals surface area contributed by atoms with Gasteiger partial charge in [-0.2, -0.15) is 5.10 Å². The normalized spacial score (nSPS) is 17.9. The molecule has 3 heterocycles. The minimum Gasteiger partial charge on any atom is -0.384 e. The lowest BCUT2D eigenvalue weighted by atomic mass is 9.81. The van der Waals surface area contributed by atoms with Crippen molar-refractivity contribution in [3.8, 4) is 0 Å². The molecule has 11 heteroatoms. The number of nitrogens with zero attached hydrogens (tertiary/aromatic N) is 5. The van der Waals surface area contributed by atoms with Gasteiger partial charge in [0.1, 0.15) is 11.9 Å². The van der Waals surface area contributed by atoms with Crippen LogP contribution in [0, 0.1) is 5.92 Å². The van der Waals surface area contributed by atoms with Gasteiger partial charge in [0.25, 0.3) is 5.91 Å². The zero-order valence-electron chi connectivity index (χ0n) is 20.3. The summed E-state index contributed by atoms with van der Waals surface area (Å²) in [6.07, 6.45) is 5.61. The van der Waals surface area contributed by atoms with Crippen LogP contribution in [0.3, 0.4) is 0 Å². The maximum atomic E-state index is 13.6. The average Bonchev–Trinajstić information content (AvgIpc) is 3.29. The topological polar surface area (TPSA) is 126 Å². The first-order valence-electron chi connectivity index (χ1n) is 11.5. The fourth-order valence-corrected chi connectivity index (χ4v) is 4.60. The number of amides is 4. The van der Waals surface area contributed by atoms with E-state index in [1.165, 1.54) is 4.90 Å². The number of hydrogen-bond donors (Lipinski definition) is 2. The first kappa shape index (κ1) is 25.2. The number of urea groups is 1. The lowest BCUT2D eigenvalue weighted by Crippen LogP contribution is -2.70. The Labute approximate surface area is 214 Å². The summed E-state index contributed by atoms with van der Waals surface area (Å²) in [5.41, 5.74) is 7.92. The summed E-state index contributed by atoms with van der Waals surface area (Å²) in [5.74, 6) is -1.23. The molecule has 1 saturated heterocycles. The highest BCUT2D eigenvalue weighted by molar-refractivity contribution is 6.30. The van der Waals surface area contributed by atoms with Crippen molar-refractivity contribution in [2.45, 2.75) is 31.8 Å². The summed E-state index contributed by atoms with van der Waals surface area (Å²) in [5, 5.41) is 7.55. The van der Waals surface area contributed by atoms with Crippen LogP contribution in [0.5, 0.6) is 0 Å². The minimum absolute atomic E-state index is 0.248. The van der Waals surface area contributed by atoms with Gasteiger partial charge >= 0.3 is 6.03 Å². The van der Waals surface area contributed by atoms with E-state index in [2.05, 4.69) is 15.4 Å². The van der Waals surface area contributed by atoms with Gasteiger partial charge in [-0.1, -0.05) is 30.7 Å². The molecule has 1 aromatic carbocycles. The lowest BCUT2D eigenvalue weighted by molar-refractivity contribution is -0.156. The summed E-state index contributed by atoms with van der Waals surface area (Å²) >= 11 is 6.13. The van der Waals surface area contributed by atoms with Crippen LogP contribution in [0.4, 0.5) is 16.3 Å². The molecule has 0 aliphatic carbocycles. The Kier molecular flexibility index (Phi) is 7.25. The molecule has 0 bridgehead atoms. The van der Waals surface area contributed by atoms with Gasteiger partial charge in [0, 0.05) is 31.5 Å². The zero-order chi connectivity index (χ0) is 26.0. The van der Waals surface area contributed by atoms with Gasteiger partial charge in [-0.25, -0.2) is 9.78 Å². The number of nitrogen functional groups attached to an aromatic ring is 1. The van der Waals surface area contributed by atoms with Crippen LogP contribution in [0.25, 0.3) is 0 Å². The molecule has 0 spiro atoms. The summed E-state index contributed by atoms with van der Waals surface area (Å²) < 4.78 is 1.57. The third-order valence-corrected chi connectivity index (χ3v) is 6.59. The van der Waals surface area contributed by atoms with Gasteiger partial charge in [0.15, 0.2) is 0 Å². The molecule has 4 amide bonds. The van der Waals surface area contributed by atoms with E-state index in [9.17, 15) is 14.4 Å². The van der Waals surface area contributed by atoms with Crippen LogP contribution >= 0.6 is 11.6 Å². The predicted octanol–water partition coefficient (Wildman–Crippen LogP) is 2.94. The van der Waals surface area contributed by atoms with E-state index in [4.69, 9.17) is 17.3 Å². The Morgan fingerprint density at radius 1 is 1.28 bits per heavy atom. The number of carbonyl (C=O) groups excluding carboxylic acids is 3. The molecule has 0 unspecified atom stereocenters. The number of likely N-dealkylation sites (tertiary alicyclic amines) is 1. The molecule has 10 nitrogen and oxygen atoms in total. The molecule has 3 atom stereocenters. The number of aromatic nitrogens is 3. The van der Waals surface area contributed by atoms with Crippen molar-refractivity contribution in [3.05, 3.63) is 71.1 Å². The molecule has 2 aromatic heterocycles. The zero-order valence-corrected chi connectivity index (χ0v) is 21.0. The molecule has 3 aromatic rings. The second-order valence-corrected chi connectivity index (χ2v) is 9.22. The van der Waals surface area contributed by atoms with Gasteiger partial charge in [-0.05, 0) is 48.2 Å². The number of pyridine rings is 1. The number of likely N-dealkylation sites (N-methyl/N-ethyl adjacent to an activating group) is 1. The molecule has 36 heavy (non-hydrogen) atoms. The van der Waals surface area contributed by atoms with Crippen molar-refractivity contribution in [1.29, 1.82) is 0 Å². The highest BCUT2D eigenvalue weighted by Crippen LogP contribution is 2.33. The maximum absolute atomic E-state index is 13.6. The van der Waals surface area contributed by atoms with Crippen molar-refractivity contribution >= 4 is 41.0 Å². The third-order valence-electron chi connectivity index (χ3n) is 6.35. The van der Waals surface area contributed by atoms with E-state index in [1.807, 2.05) is 13.0 Å². The van der Waals surface area contributed by atoms with Crippen LogP contribution in [0.15, 0.2) is 55.0 Å². The monoisotopic (exact) mass is 509 g/mol. The lowest BCUT2D eigenvalue weighted by Gasteiger charge is -2.46. The summed E-state index contributed by atoms with van der Waals surface area (Å²) in [4.78, 5) is 46.6. The van der Waals surface area contributed by atoms with Crippen molar-refractivity contribution in [3.63, 3.8) is 0 Å². The van der Waals surface area contributed by atoms with E-state index in [0.717, 1.165) is 16.0 Å². The van der Waals surface area contributed by atoms with Crippen molar-refractivity contribution in [2.75, 3.05) is 17.7 Å². The fourth-order valence-electron chi connectivity index (χ4n) is 4.40. The van der Waals surface area contributed by atoms with Crippen LogP contribution in [-0.4, -0.2) is 50.6 Å². The largest absolute Gasteiger partial charge is 0.384 e. The number of carbonyl (C=O) groups is 3. The number of nitrogens with two attached hydrogens (primary N) is 1. The van der Waals surface area contributed by atoms with Crippen LogP contribution < -0.4 is 16.0 Å². The number of imide groups is 1. The first-order chi connectivity index (χ1) is 17.2. The standard InChI is InChI=1S/C25H28ClN7O3/c1-4-20(16-6-5-7-17(26)12-16)30-25(36)33-22(24(35)32(3)18-13-29-31(2)14-18)19(23(33)34)10-15-8-9-28-21(27)11-15/h5-9,11-14,19-20,22H,4,10H2,1-3H3,(H2,27,28)(H,30,36)/t19-,20-,22+/m1/s1. The number of β-lactam (4-membered cyclic amide) rings is 1.